The van der Waals surface area contributed by atoms with Gasteiger partial charge in [0.25, 0.3) is 0 Å². The third-order valence-electron chi connectivity index (χ3n) is 4.38. The topological polar surface area (TPSA) is 17.1 Å². The molecule has 1 fully saturated rings. The summed E-state index contributed by atoms with van der Waals surface area (Å²) in [5, 5.41) is 0. The van der Waals surface area contributed by atoms with Gasteiger partial charge in [-0.05, 0) is 70.9 Å². The molecule has 0 saturated heterocycles. The lowest BCUT2D eigenvalue weighted by atomic mass is 9.67. The van der Waals surface area contributed by atoms with E-state index >= 15 is 0 Å². The first-order chi connectivity index (χ1) is 8.86. The maximum absolute atomic E-state index is 12.1. The lowest BCUT2D eigenvalue weighted by Crippen LogP contribution is -2.33. The van der Waals surface area contributed by atoms with Crippen LogP contribution >= 0.6 is 22.6 Å². The van der Waals surface area contributed by atoms with E-state index in [1.807, 2.05) is 0 Å². The molecule has 0 aromatic heterocycles. The van der Waals surface area contributed by atoms with Gasteiger partial charge in [-0.3, -0.25) is 4.79 Å². The molecular formula is C17H23IO. The van der Waals surface area contributed by atoms with Crippen LogP contribution in [-0.4, -0.2) is 5.78 Å². The van der Waals surface area contributed by atoms with Gasteiger partial charge < -0.3 is 0 Å². The number of carbonyl (C=O) groups excluding carboxylic acids is 1. The molecule has 1 saturated carbocycles. The van der Waals surface area contributed by atoms with Crippen LogP contribution in [0.5, 0.6) is 0 Å². The first kappa shape index (κ1) is 15.0. The minimum absolute atomic E-state index is 0.234. The minimum Gasteiger partial charge on any atom is -0.299 e. The summed E-state index contributed by atoms with van der Waals surface area (Å²) in [5.74, 6) is 1.39. The molecule has 1 aliphatic carbocycles. The Morgan fingerprint density at radius 3 is 2.42 bits per heavy atom. The largest absolute Gasteiger partial charge is 0.299 e. The van der Waals surface area contributed by atoms with Gasteiger partial charge in [-0.2, -0.15) is 0 Å². The highest BCUT2D eigenvalue weighted by atomic mass is 127. The first-order valence-electron chi connectivity index (χ1n) is 7.13. The summed E-state index contributed by atoms with van der Waals surface area (Å²) in [6.07, 6.45) is 3.83. The quantitative estimate of drug-likeness (QED) is 0.680. The van der Waals surface area contributed by atoms with E-state index in [0.29, 0.717) is 17.1 Å². The van der Waals surface area contributed by atoms with Crippen molar-refractivity contribution in [1.29, 1.82) is 0 Å². The molecule has 1 aromatic rings. The van der Waals surface area contributed by atoms with Crippen LogP contribution in [0.3, 0.4) is 0 Å². The molecular weight excluding hydrogens is 347 g/mol. The van der Waals surface area contributed by atoms with E-state index in [-0.39, 0.29) is 5.92 Å². The van der Waals surface area contributed by atoms with Crippen molar-refractivity contribution in [2.45, 2.75) is 46.5 Å². The van der Waals surface area contributed by atoms with Gasteiger partial charge >= 0.3 is 0 Å². The molecule has 19 heavy (non-hydrogen) atoms. The van der Waals surface area contributed by atoms with Gasteiger partial charge in [0.15, 0.2) is 0 Å². The Kier molecular flexibility index (Phi) is 4.70. The number of Topliss-reactive ketones (excluding diaryl/α,β-unsaturated/α-hetero) is 1. The summed E-state index contributed by atoms with van der Waals surface area (Å²) in [4.78, 5) is 12.1. The number of hydrogen-bond acceptors (Lipinski definition) is 1. The van der Waals surface area contributed by atoms with Gasteiger partial charge in [0, 0.05) is 15.9 Å². The third kappa shape index (κ3) is 4.04. The van der Waals surface area contributed by atoms with E-state index in [0.717, 1.165) is 25.7 Å². The smallest absolute Gasteiger partial charge is 0.136 e. The maximum atomic E-state index is 12.1. The number of rotatable bonds is 2. The van der Waals surface area contributed by atoms with Gasteiger partial charge in [0.05, 0.1) is 0 Å². The van der Waals surface area contributed by atoms with Crippen molar-refractivity contribution in [3.05, 3.63) is 33.4 Å². The molecule has 2 rings (SSSR count). The first-order valence-corrected chi connectivity index (χ1v) is 8.21. The van der Waals surface area contributed by atoms with Crippen LogP contribution in [0.2, 0.25) is 0 Å². The maximum Gasteiger partial charge on any atom is 0.136 e. The molecule has 0 radical (unpaired) electrons. The summed E-state index contributed by atoms with van der Waals surface area (Å²) >= 11 is 2.32. The Morgan fingerprint density at radius 1 is 1.21 bits per heavy atom. The fraction of sp³-hybridized carbons (Fsp3) is 0.588. The van der Waals surface area contributed by atoms with E-state index in [1.54, 1.807) is 0 Å². The number of benzene rings is 1. The van der Waals surface area contributed by atoms with Gasteiger partial charge in [-0.25, -0.2) is 0 Å². The Bertz CT molecular complexity index is 441. The van der Waals surface area contributed by atoms with Crippen molar-refractivity contribution < 1.29 is 4.79 Å². The van der Waals surface area contributed by atoms with Crippen LogP contribution in [0, 0.1) is 20.8 Å². The highest BCUT2D eigenvalue weighted by Crippen LogP contribution is 2.39. The van der Waals surface area contributed by atoms with Crippen LogP contribution in [0.25, 0.3) is 0 Å². The third-order valence-corrected chi connectivity index (χ3v) is 5.10. The zero-order chi connectivity index (χ0) is 14.0. The van der Waals surface area contributed by atoms with Crippen molar-refractivity contribution in [2.75, 3.05) is 0 Å². The molecule has 0 spiro atoms. The lowest BCUT2D eigenvalue weighted by Gasteiger charge is -2.37. The van der Waals surface area contributed by atoms with Gasteiger partial charge in [0.1, 0.15) is 5.78 Å². The number of ketones is 1. The average molecular weight is 370 g/mol. The van der Waals surface area contributed by atoms with Crippen LogP contribution in [0.15, 0.2) is 24.3 Å². The summed E-state index contributed by atoms with van der Waals surface area (Å²) in [6, 6.07) is 8.58. The van der Waals surface area contributed by atoms with Crippen molar-refractivity contribution in [3.63, 3.8) is 0 Å². The monoisotopic (exact) mass is 370 g/mol. The fourth-order valence-electron chi connectivity index (χ4n) is 3.00. The zero-order valence-electron chi connectivity index (χ0n) is 12.1. The molecule has 0 bridgehead atoms. The van der Waals surface area contributed by atoms with E-state index in [4.69, 9.17) is 0 Å². The molecule has 1 aliphatic rings. The Labute approximate surface area is 130 Å². The number of halogens is 1. The van der Waals surface area contributed by atoms with E-state index in [2.05, 4.69) is 67.6 Å². The molecule has 0 heterocycles. The fourth-order valence-corrected chi connectivity index (χ4v) is 3.36. The second-order valence-corrected chi connectivity index (χ2v) is 8.08. The second-order valence-electron chi connectivity index (χ2n) is 6.83. The van der Waals surface area contributed by atoms with E-state index in [1.165, 1.54) is 9.13 Å². The minimum atomic E-state index is 0.234. The molecule has 104 valence electrons. The van der Waals surface area contributed by atoms with Crippen molar-refractivity contribution >= 4 is 28.4 Å². The van der Waals surface area contributed by atoms with Gasteiger partial charge in [-0.15, -0.1) is 0 Å². The molecule has 1 aromatic carbocycles. The highest BCUT2D eigenvalue weighted by Gasteiger charge is 2.34. The zero-order valence-corrected chi connectivity index (χ0v) is 14.2. The molecule has 0 amide bonds. The molecule has 1 nitrogen and oxygen atoms in total. The molecule has 0 aliphatic heterocycles. The highest BCUT2D eigenvalue weighted by molar-refractivity contribution is 14.1. The number of hydrogen-bond donors (Lipinski definition) is 0. The summed E-state index contributed by atoms with van der Waals surface area (Å²) in [7, 11) is 0. The summed E-state index contributed by atoms with van der Waals surface area (Å²) < 4.78 is 1.25. The van der Waals surface area contributed by atoms with Crippen LogP contribution in [0.4, 0.5) is 0 Å². The van der Waals surface area contributed by atoms with Gasteiger partial charge in [-0.1, -0.05) is 32.9 Å². The summed E-state index contributed by atoms with van der Waals surface area (Å²) in [5.41, 5.74) is 1.62. The average Bonchev–Trinajstić information content (AvgIpc) is 2.33. The van der Waals surface area contributed by atoms with E-state index in [9.17, 15) is 4.79 Å². The molecule has 0 N–H and O–H groups in total. The number of carbonyl (C=O) groups is 1. The molecule has 2 unspecified atom stereocenters. The SMILES string of the molecule is CC(C)(C)C1CCC(=O)C(Cc2ccc(I)cc2)C1. The predicted octanol–water partition coefficient (Wildman–Crippen LogP) is 4.87. The van der Waals surface area contributed by atoms with Crippen LogP contribution < -0.4 is 0 Å². The van der Waals surface area contributed by atoms with Crippen molar-refractivity contribution in [1.82, 2.24) is 0 Å². The standard InChI is InChI=1S/C17H23IO/c1-17(2,3)14-6-9-16(19)13(11-14)10-12-4-7-15(18)8-5-12/h4-5,7-8,13-14H,6,9-11H2,1-3H3. The van der Waals surface area contributed by atoms with Crippen molar-refractivity contribution in [3.8, 4) is 0 Å². The predicted molar refractivity (Wildman–Crippen MR) is 88.2 cm³/mol. The van der Waals surface area contributed by atoms with E-state index < -0.39 is 0 Å². The van der Waals surface area contributed by atoms with Gasteiger partial charge in [0.2, 0.25) is 0 Å². The Hall–Kier alpha value is -0.380. The van der Waals surface area contributed by atoms with Crippen molar-refractivity contribution in [2.24, 2.45) is 17.3 Å². The lowest BCUT2D eigenvalue weighted by molar-refractivity contribution is -0.126. The molecule has 2 heteroatoms. The summed E-state index contributed by atoms with van der Waals surface area (Å²) in [6.45, 7) is 6.90. The Balaban J connectivity index is 2.05. The normalized spacial score (nSPS) is 24.5. The van der Waals surface area contributed by atoms with Crippen LogP contribution in [-0.2, 0) is 11.2 Å². The van der Waals surface area contributed by atoms with Crippen LogP contribution in [0.1, 0.15) is 45.6 Å². The second kappa shape index (κ2) is 5.94. The Morgan fingerprint density at radius 2 is 1.84 bits per heavy atom. The molecule has 2 atom stereocenters.